The fourth-order valence-electron chi connectivity index (χ4n) is 4.53. The Morgan fingerprint density at radius 3 is 2.72 bits per heavy atom. The molecule has 2 heterocycles. The van der Waals surface area contributed by atoms with Crippen LogP contribution in [0.5, 0.6) is 5.75 Å². The van der Waals surface area contributed by atoms with E-state index >= 15 is 0 Å². The summed E-state index contributed by atoms with van der Waals surface area (Å²) in [7, 11) is 1.88. The number of hydrogen-bond donors (Lipinski definition) is 2. The highest BCUT2D eigenvalue weighted by Crippen LogP contribution is 2.34. The van der Waals surface area contributed by atoms with Crippen molar-refractivity contribution in [3.8, 4) is 16.9 Å². The first-order valence-electron chi connectivity index (χ1n) is 13.0. The van der Waals surface area contributed by atoms with Gasteiger partial charge in [-0.25, -0.2) is 0 Å². The Balaban J connectivity index is 1.45. The van der Waals surface area contributed by atoms with Gasteiger partial charge in [0, 0.05) is 42.4 Å². The van der Waals surface area contributed by atoms with Crippen molar-refractivity contribution in [1.82, 2.24) is 9.78 Å². The van der Waals surface area contributed by atoms with Crippen LogP contribution < -0.4 is 15.8 Å². The van der Waals surface area contributed by atoms with Crippen LogP contribution >= 0.6 is 0 Å². The summed E-state index contributed by atoms with van der Waals surface area (Å²) in [5.41, 5.74) is 11.5. The highest BCUT2D eigenvalue weighted by atomic mass is 16.5. The molecule has 3 aromatic carbocycles. The molecule has 0 amide bonds. The molecule has 0 aliphatic carbocycles. The number of carbonyl (C=O) groups is 1. The first-order chi connectivity index (χ1) is 19.0. The Morgan fingerprint density at radius 2 is 1.92 bits per heavy atom. The van der Waals surface area contributed by atoms with Gasteiger partial charge in [0.2, 0.25) is 0 Å². The molecule has 0 unspecified atom stereocenters. The van der Waals surface area contributed by atoms with Crippen LogP contribution in [0.25, 0.3) is 22.1 Å². The van der Waals surface area contributed by atoms with Crippen molar-refractivity contribution in [1.29, 1.82) is 0 Å². The molecule has 0 radical (unpaired) electrons. The van der Waals surface area contributed by atoms with Crippen LogP contribution in [0.2, 0.25) is 0 Å². The first kappa shape index (κ1) is 26.1. The Labute approximate surface area is 227 Å². The van der Waals surface area contributed by atoms with E-state index in [9.17, 15) is 4.79 Å². The molecule has 39 heavy (non-hydrogen) atoms. The second-order valence-corrected chi connectivity index (χ2v) is 9.29. The number of furan rings is 1. The third-order valence-corrected chi connectivity index (χ3v) is 6.37. The van der Waals surface area contributed by atoms with E-state index in [2.05, 4.69) is 34.7 Å². The van der Waals surface area contributed by atoms with Crippen LogP contribution in [0, 0.1) is 0 Å². The zero-order chi connectivity index (χ0) is 27.2. The highest BCUT2D eigenvalue weighted by molar-refractivity contribution is 5.93. The number of ether oxygens (including phenoxy) is 2. The molecule has 200 valence electrons. The second kappa shape index (κ2) is 11.9. The number of fused-ring (bicyclic) bond motifs is 1. The maximum absolute atomic E-state index is 12.1. The number of rotatable bonds is 11. The number of hydrogen-bond acceptors (Lipinski definition) is 7. The highest BCUT2D eigenvalue weighted by Gasteiger charge is 2.15. The topological polar surface area (TPSA) is 105 Å². The number of nitrogens with two attached hydrogens (primary N) is 1. The summed E-state index contributed by atoms with van der Waals surface area (Å²) < 4.78 is 19.4. The number of nitrogens with one attached hydrogen (secondary N) is 1. The number of aryl methyl sites for hydroxylation is 1. The Morgan fingerprint density at radius 1 is 1.05 bits per heavy atom. The monoisotopic (exact) mass is 524 g/mol. The van der Waals surface area contributed by atoms with Crippen LogP contribution in [0.3, 0.4) is 0 Å². The molecule has 8 nitrogen and oxygen atoms in total. The molecule has 0 spiro atoms. The molecule has 0 saturated heterocycles. The molecular weight excluding hydrogens is 492 g/mol. The summed E-state index contributed by atoms with van der Waals surface area (Å²) in [5, 5.41) is 8.65. The number of para-hydroxylation sites is 1. The fourth-order valence-corrected chi connectivity index (χ4v) is 4.53. The van der Waals surface area contributed by atoms with E-state index in [1.54, 1.807) is 11.6 Å². The largest absolute Gasteiger partial charge is 0.489 e. The lowest BCUT2D eigenvalue weighted by Gasteiger charge is -2.13. The molecule has 8 heteroatoms. The predicted molar refractivity (Wildman–Crippen MR) is 151 cm³/mol. The minimum Gasteiger partial charge on any atom is -0.489 e. The van der Waals surface area contributed by atoms with Crippen molar-refractivity contribution >= 4 is 22.8 Å². The summed E-state index contributed by atoms with van der Waals surface area (Å²) in [6.45, 7) is 3.43. The number of aromatic nitrogens is 2. The fraction of sp³-hybridized carbons (Fsp3) is 0.226. The van der Waals surface area contributed by atoms with Gasteiger partial charge in [-0.1, -0.05) is 36.4 Å². The predicted octanol–water partition coefficient (Wildman–Crippen LogP) is 5.59. The van der Waals surface area contributed by atoms with Crippen molar-refractivity contribution in [2.45, 2.75) is 33.0 Å². The van der Waals surface area contributed by atoms with E-state index in [-0.39, 0.29) is 12.4 Å². The molecule has 2 aromatic heterocycles. The molecule has 0 atom stereocenters. The summed E-state index contributed by atoms with van der Waals surface area (Å²) in [6, 6.07) is 23.8. The number of nitrogens with zero attached hydrogens (tertiary/aromatic N) is 2. The van der Waals surface area contributed by atoms with E-state index in [0.717, 1.165) is 50.4 Å². The lowest BCUT2D eigenvalue weighted by atomic mass is 9.99. The van der Waals surface area contributed by atoms with E-state index in [0.29, 0.717) is 32.1 Å². The van der Waals surface area contributed by atoms with Gasteiger partial charge in [0.05, 0.1) is 19.6 Å². The summed E-state index contributed by atoms with van der Waals surface area (Å²) in [4.78, 5) is 12.1. The van der Waals surface area contributed by atoms with Gasteiger partial charge in [-0.15, -0.1) is 0 Å². The lowest BCUT2D eigenvalue weighted by molar-refractivity contribution is -0.142. The van der Waals surface area contributed by atoms with Gasteiger partial charge in [-0.3, -0.25) is 9.48 Å². The lowest BCUT2D eigenvalue weighted by Crippen LogP contribution is -2.09. The maximum Gasteiger partial charge on any atom is 0.310 e. The van der Waals surface area contributed by atoms with Crippen LogP contribution in [0.4, 0.5) is 5.82 Å². The van der Waals surface area contributed by atoms with E-state index in [4.69, 9.17) is 19.6 Å². The van der Waals surface area contributed by atoms with E-state index < -0.39 is 0 Å². The van der Waals surface area contributed by atoms with Crippen molar-refractivity contribution in [2.24, 2.45) is 12.8 Å². The zero-order valence-corrected chi connectivity index (χ0v) is 22.1. The quantitative estimate of drug-likeness (QED) is 0.217. The number of carbonyl (C=O) groups excluding carboxylic acids is 1. The molecule has 0 aliphatic heterocycles. The summed E-state index contributed by atoms with van der Waals surface area (Å²) in [5.74, 6) is 1.96. The van der Waals surface area contributed by atoms with Crippen molar-refractivity contribution < 1.29 is 18.7 Å². The standard InChI is InChI=1S/C31H32N4O4/c1-3-37-30(36)17-24-8-4-5-10-28(24)38-20-22-14-25-16-26(19-33-29-11-12-35(2)34-29)39-31(25)27(15-22)23-9-6-7-21(13-23)18-32/h4-16H,3,17-20,32H2,1-2H3,(H,33,34). The summed E-state index contributed by atoms with van der Waals surface area (Å²) >= 11 is 0. The third-order valence-electron chi connectivity index (χ3n) is 6.37. The molecule has 5 aromatic rings. The minimum absolute atomic E-state index is 0.161. The van der Waals surface area contributed by atoms with Gasteiger partial charge < -0.3 is 24.9 Å². The van der Waals surface area contributed by atoms with Crippen LogP contribution in [0.15, 0.2) is 83.4 Å². The van der Waals surface area contributed by atoms with Crippen LogP contribution in [-0.2, 0) is 42.7 Å². The Kier molecular flexibility index (Phi) is 7.94. The molecule has 0 fully saturated rings. The Hall–Kier alpha value is -4.56. The molecule has 0 bridgehead atoms. The molecule has 0 aliphatic rings. The number of benzene rings is 3. The maximum atomic E-state index is 12.1. The van der Waals surface area contributed by atoms with E-state index in [1.807, 2.05) is 61.8 Å². The van der Waals surface area contributed by atoms with Crippen molar-refractivity contribution in [3.05, 3.63) is 101 Å². The number of esters is 1. The molecule has 0 saturated carbocycles. The van der Waals surface area contributed by atoms with Gasteiger partial charge in [0.15, 0.2) is 0 Å². The SMILES string of the molecule is CCOC(=O)Cc1ccccc1OCc1cc(-c2cccc(CN)c2)c2oc(CNc3ccn(C)n3)cc2c1. The normalized spacial score (nSPS) is 11.1. The average Bonchev–Trinajstić information content (AvgIpc) is 3.56. The third kappa shape index (κ3) is 6.30. The number of anilines is 1. The molecule has 3 N–H and O–H groups in total. The van der Waals surface area contributed by atoms with Crippen LogP contribution in [0.1, 0.15) is 29.4 Å². The van der Waals surface area contributed by atoms with E-state index in [1.165, 1.54) is 0 Å². The van der Waals surface area contributed by atoms with Gasteiger partial charge in [0.25, 0.3) is 0 Å². The first-order valence-corrected chi connectivity index (χ1v) is 13.0. The minimum atomic E-state index is -0.276. The average molecular weight is 525 g/mol. The van der Waals surface area contributed by atoms with Crippen molar-refractivity contribution in [2.75, 3.05) is 11.9 Å². The van der Waals surface area contributed by atoms with Gasteiger partial charge in [0.1, 0.15) is 29.5 Å². The second-order valence-electron chi connectivity index (χ2n) is 9.29. The molecular formula is C31H32N4O4. The van der Waals surface area contributed by atoms with Gasteiger partial charge >= 0.3 is 5.97 Å². The molecule has 5 rings (SSSR count). The zero-order valence-electron chi connectivity index (χ0n) is 22.1. The van der Waals surface area contributed by atoms with Crippen molar-refractivity contribution in [3.63, 3.8) is 0 Å². The summed E-state index contributed by atoms with van der Waals surface area (Å²) in [6.07, 6.45) is 2.05. The van der Waals surface area contributed by atoms with Gasteiger partial charge in [-0.2, -0.15) is 5.10 Å². The smallest absolute Gasteiger partial charge is 0.310 e. The Bertz CT molecular complexity index is 1590. The van der Waals surface area contributed by atoms with Crippen LogP contribution in [-0.4, -0.2) is 22.4 Å². The van der Waals surface area contributed by atoms with Gasteiger partial charge in [-0.05, 0) is 53.9 Å².